The molecular weight excluding hydrogens is 234 g/mol. The first kappa shape index (κ1) is 12.1. The third-order valence-corrected chi connectivity index (χ3v) is 2.63. The largest absolute Gasteiger partial charge is 0.477 e. The zero-order chi connectivity index (χ0) is 13.1. The number of hydrogen-bond acceptors (Lipinski definition) is 5. The van der Waals surface area contributed by atoms with Crippen molar-refractivity contribution in [3.63, 3.8) is 0 Å². The Hall–Kier alpha value is -2.37. The third kappa shape index (κ3) is 2.48. The van der Waals surface area contributed by atoms with Crippen LogP contribution in [0.3, 0.4) is 0 Å². The van der Waals surface area contributed by atoms with Crippen LogP contribution in [0.1, 0.15) is 27.5 Å². The number of anilines is 1. The fourth-order valence-electron chi connectivity index (χ4n) is 1.60. The van der Waals surface area contributed by atoms with E-state index in [0.717, 1.165) is 17.0 Å². The number of aryl methyl sites for hydroxylation is 2. The second kappa shape index (κ2) is 4.87. The molecule has 0 amide bonds. The Bertz CT molecular complexity index is 558. The van der Waals surface area contributed by atoms with Gasteiger partial charge in [-0.05, 0) is 26.0 Å². The number of carboxylic acid groups (broad SMARTS) is 1. The second-order valence-electron chi connectivity index (χ2n) is 3.89. The average molecular weight is 247 g/mol. The molecule has 0 unspecified atom stereocenters. The van der Waals surface area contributed by atoms with Gasteiger partial charge in [0.15, 0.2) is 0 Å². The van der Waals surface area contributed by atoms with Gasteiger partial charge in [-0.15, -0.1) is 0 Å². The van der Waals surface area contributed by atoms with Gasteiger partial charge in [0.1, 0.15) is 11.5 Å². The Morgan fingerprint density at radius 2 is 2.28 bits per heavy atom. The molecule has 0 aliphatic rings. The van der Waals surface area contributed by atoms with E-state index in [-0.39, 0.29) is 5.69 Å². The molecule has 6 nitrogen and oxygen atoms in total. The zero-order valence-electron chi connectivity index (χ0n) is 10.1. The molecule has 0 atom stereocenters. The lowest BCUT2D eigenvalue weighted by atomic mass is 10.2. The maximum Gasteiger partial charge on any atom is 0.354 e. The highest BCUT2D eigenvalue weighted by atomic mass is 16.5. The fraction of sp³-hybridized carbons (Fsp3) is 0.250. The molecule has 0 fully saturated rings. The first-order valence-corrected chi connectivity index (χ1v) is 5.43. The maximum atomic E-state index is 10.8. The molecule has 18 heavy (non-hydrogen) atoms. The molecule has 0 radical (unpaired) electrons. The van der Waals surface area contributed by atoms with Crippen molar-refractivity contribution in [3.05, 3.63) is 41.0 Å². The normalized spacial score (nSPS) is 10.3. The molecule has 0 saturated carbocycles. The van der Waals surface area contributed by atoms with E-state index in [2.05, 4.69) is 15.5 Å². The van der Waals surface area contributed by atoms with Gasteiger partial charge in [-0.1, -0.05) is 5.16 Å². The van der Waals surface area contributed by atoms with Crippen LogP contribution >= 0.6 is 0 Å². The monoisotopic (exact) mass is 247 g/mol. The molecule has 0 saturated heterocycles. The van der Waals surface area contributed by atoms with Crippen molar-refractivity contribution in [1.82, 2.24) is 10.1 Å². The summed E-state index contributed by atoms with van der Waals surface area (Å²) >= 11 is 0. The van der Waals surface area contributed by atoms with Crippen molar-refractivity contribution in [2.75, 3.05) is 5.32 Å². The number of aromatic nitrogens is 2. The number of aromatic carboxylic acids is 1. The molecule has 0 bridgehead atoms. The molecule has 2 N–H and O–H groups in total. The Labute approximate surface area is 104 Å². The third-order valence-electron chi connectivity index (χ3n) is 2.63. The number of pyridine rings is 1. The number of nitrogens with zero attached hydrogens (tertiary/aromatic N) is 2. The highest BCUT2D eigenvalue weighted by Crippen LogP contribution is 2.15. The molecule has 2 aromatic heterocycles. The summed E-state index contributed by atoms with van der Waals surface area (Å²) < 4.78 is 5.05. The van der Waals surface area contributed by atoms with Gasteiger partial charge in [-0.2, -0.15) is 0 Å². The van der Waals surface area contributed by atoms with Gasteiger partial charge in [-0.25, -0.2) is 9.78 Å². The van der Waals surface area contributed by atoms with Crippen LogP contribution in [0.25, 0.3) is 0 Å². The van der Waals surface area contributed by atoms with Crippen LogP contribution in [0.2, 0.25) is 0 Å². The van der Waals surface area contributed by atoms with Gasteiger partial charge in [0.2, 0.25) is 0 Å². The Morgan fingerprint density at radius 1 is 1.50 bits per heavy atom. The lowest BCUT2D eigenvalue weighted by molar-refractivity contribution is 0.0690. The molecule has 2 aromatic rings. The van der Waals surface area contributed by atoms with E-state index in [1.165, 1.54) is 12.3 Å². The standard InChI is InChI=1S/C12H13N3O3/c1-7-10(8(2)18-15-7)6-14-9-3-4-13-11(5-9)12(16)17/h3-5H,6H2,1-2H3,(H,13,14)(H,16,17). The summed E-state index contributed by atoms with van der Waals surface area (Å²) in [5, 5.41) is 15.8. The van der Waals surface area contributed by atoms with Crippen molar-refractivity contribution in [1.29, 1.82) is 0 Å². The van der Waals surface area contributed by atoms with Crippen LogP contribution in [-0.4, -0.2) is 21.2 Å². The summed E-state index contributed by atoms with van der Waals surface area (Å²) in [5.41, 5.74) is 2.51. The zero-order valence-corrected chi connectivity index (χ0v) is 10.1. The van der Waals surface area contributed by atoms with Crippen molar-refractivity contribution in [2.45, 2.75) is 20.4 Å². The van der Waals surface area contributed by atoms with E-state index in [1.54, 1.807) is 6.07 Å². The summed E-state index contributed by atoms with van der Waals surface area (Å²) in [4.78, 5) is 14.5. The van der Waals surface area contributed by atoms with Crippen LogP contribution < -0.4 is 5.32 Å². The topological polar surface area (TPSA) is 88.3 Å². The van der Waals surface area contributed by atoms with Crippen LogP contribution in [0.15, 0.2) is 22.9 Å². The summed E-state index contributed by atoms with van der Waals surface area (Å²) in [6.45, 7) is 4.24. The maximum absolute atomic E-state index is 10.8. The van der Waals surface area contributed by atoms with Crippen molar-refractivity contribution in [2.24, 2.45) is 0 Å². The Morgan fingerprint density at radius 3 is 2.89 bits per heavy atom. The highest BCUT2D eigenvalue weighted by molar-refractivity contribution is 5.86. The van der Waals surface area contributed by atoms with Crippen LogP contribution in [0.4, 0.5) is 5.69 Å². The first-order valence-electron chi connectivity index (χ1n) is 5.43. The summed E-state index contributed by atoms with van der Waals surface area (Å²) in [6.07, 6.45) is 1.46. The lowest BCUT2D eigenvalue weighted by Crippen LogP contribution is -2.04. The fourth-order valence-corrected chi connectivity index (χ4v) is 1.60. The predicted molar refractivity (Wildman–Crippen MR) is 64.5 cm³/mol. The van der Waals surface area contributed by atoms with E-state index in [4.69, 9.17) is 9.63 Å². The smallest absolute Gasteiger partial charge is 0.354 e. The minimum absolute atomic E-state index is 0.0127. The van der Waals surface area contributed by atoms with Crippen LogP contribution in [0.5, 0.6) is 0 Å². The van der Waals surface area contributed by atoms with Crippen LogP contribution in [-0.2, 0) is 6.54 Å². The van der Waals surface area contributed by atoms with Gasteiger partial charge < -0.3 is 14.9 Å². The van der Waals surface area contributed by atoms with Crippen molar-refractivity contribution < 1.29 is 14.4 Å². The molecule has 0 aliphatic carbocycles. The number of hydrogen-bond donors (Lipinski definition) is 2. The summed E-state index contributed by atoms with van der Waals surface area (Å²) in [7, 11) is 0. The molecule has 0 aromatic carbocycles. The lowest BCUT2D eigenvalue weighted by Gasteiger charge is -2.06. The van der Waals surface area contributed by atoms with E-state index in [0.29, 0.717) is 12.2 Å². The van der Waals surface area contributed by atoms with Gasteiger partial charge in [-0.3, -0.25) is 0 Å². The molecule has 6 heteroatoms. The average Bonchev–Trinajstić information content (AvgIpc) is 2.67. The summed E-state index contributed by atoms with van der Waals surface area (Å²) in [5.74, 6) is -0.288. The predicted octanol–water partition coefficient (Wildman–Crippen LogP) is 2.00. The van der Waals surface area contributed by atoms with Crippen LogP contribution in [0, 0.1) is 13.8 Å². The first-order chi connectivity index (χ1) is 8.58. The molecule has 94 valence electrons. The highest BCUT2D eigenvalue weighted by Gasteiger charge is 2.09. The number of carbonyl (C=O) groups is 1. The minimum Gasteiger partial charge on any atom is -0.477 e. The van der Waals surface area contributed by atoms with Crippen molar-refractivity contribution in [3.8, 4) is 0 Å². The summed E-state index contributed by atoms with van der Waals surface area (Å²) in [6, 6.07) is 3.20. The Kier molecular flexibility index (Phi) is 3.27. The van der Waals surface area contributed by atoms with E-state index in [9.17, 15) is 4.79 Å². The van der Waals surface area contributed by atoms with Gasteiger partial charge >= 0.3 is 5.97 Å². The van der Waals surface area contributed by atoms with Gasteiger partial charge in [0.25, 0.3) is 0 Å². The molecular formula is C12H13N3O3. The van der Waals surface area contributed by atoms with Gasteiger partial charge in [0, 0.05) is 24.0 Å². The number of nitrogens with one attached hydrogen (secondary N) is 1. The van der Waals surface area contributed by atoms with E-state index < -0.39 is 5.97 Å². The quantitative estimate of drug-likeness (QED) is 0.859. The molecule has 0 spiro atoms. The van der Waals surface area contributed by atoms with Gasteiger partial charge in [0.05, 0.1) is 5.69 Å². The molecule has 2 heterocycles. The van der Waals surface area contributed by atoms with E-state index >= 15 is 0 Å². The second-order valence-corrected chi connectivity index (χ2v) is 3.89. The SMILES string of the molecule is Cc1noc(C)c1CNc1ccnc(C(=O)O)c1. The number of rotatable bonds is 4. The molecule has 2 rings (SSSR count). The Balaban J connectivity index is 2.11. The minimum atomic E-state index is -1.05. The van der Waals surface area contributed by atoms with E-state index in [1.807, 2.05) is 13.8 Å². The number of carboxylic acids is 1. The molecule has 0 aliphatic heterocycles. The van der Waals surface area contributed by atoms with Crippen molar-refractivity contribution >= 4 is 11.7 Å².